The molecule has 2 aromatic rings. The molecule has 0 bridgehead atoms. The maximum Gasteiger partial charge on any atom is 0.225 e. The van der Waals surface area contributed by atoms with Gasteiger partial charge in [0.1, 0.15) is 6.61 Å². The molecule has 6 heteroatoms. The van der Waals surface area contributed by atoms with Gasteiger partial charge < -0.3 is 15.7 Å². The van der Waals surface area contributed by atoms with E-state index in [0.29, 0.717) is 18.1 Å². The lowest BCUT2D eigenvalue weighted by Gasteiger charge is -2.11. The molecular weight excluding hydrogens is 274 g/mol. The molecule has 0 atom stereocenters. The molecular formula is C14H15N3O2S. The highest BCUT2D eigenvalue weighted by Crippen LogP contribution is 2.27. The molecule has 0 spiro atoms. The second kappa shape index (κ2) is 5.50. The van der Waals surface area contributed by atoms with E-state index in [1.165, 1.54) is 0 Å². The zero-order valence-corrected chi connectivity index (χ0v) is 11.7. The zero-order chi connectivity index (χ0) is 13.9. The SMILES string of the molecule is NC(=NO)c1cc2c(nc1OCc1cccs1)CCC2. The smallest absolute Gasteiger partial charge is 0.225 e. The van der Waals surface area contributed by atoms with E-state index in [-0.39, 0.29) is 5.84 Å². The van der Waals surface area contributed by atoms with Crippen LogP contribution in [0.1, 0.15) is 28.1 Å². The molecule has 0 amide bonds. The van der Waals surface area contributed by atoms with Gasteiger partial charge in [-0.1, -0.05) is 11.2 Å². The van der Waals surface area contributed by atoms with Crippen molar-refractivity contribution in [2.24, 2.45) is 10.9 Å². The van der Waals surface area contributed by atoms with E-state index in [0.717, 1.165) is 35.4 Å². The third-order valence-corrected chi connectivity index (χ3v) is 4.18. The Morgan fingerprint density at radius 2 is 2.40 bits per heavy atom. The summed E-state index contributed by atoms with van der Waals surface area (Å²) < 4.78 is 5.76. The summed E-state index contributed by atoms with van der Waals surface area (Å²) in [5.74, 6) is 0.475. The van der Waals surface area contributed by atoms with E-state index < -0.39 is 0 Å². The summed E-state index contributed by atoms with van der Waals surface area (Å²) in [6.45, 7) is 0.440. The first kappa shape index (κ1) is 12.9. The minimum absolute atomic E-state index is 0.0355. The Kier molecular flexibility index (Phi) is 3.56. The van der Waals surface area contributed by atoms with Gasteiger partial charge in [-0.25, -0.2) is 4.98 Å². The Morgan fingerprint density at radius 3 is 3.15 bits per heavy atom. The van der Waals surface area contributed by atoms with Gasteiger partial charge in [-0.3, -0.25) is 0 Å². The molecule has 3 rings (SSSR count). The van der Waals surface area contributed by atoms with Crippen LogP contribution in [0.15, 0.2) is 28.7 Å². The van der Waals surface area contributed by atoms with Gasteiger partial charge in [0.2, 0.25) is 5.88 Å². The number of rotatable bonds is 4. The standard InChI is InChI=1S/C14H15N3O2S/c15-13(17-18)11-7-9-3-1-5-12(9)16-14(11)19-8-10-4-2-6-20-10/h2,4,6-7,18H,1,3,5,8H2,(H2,15,17). The fraction of sp³-hybridized carbons (Fsp3) is 0.286. The molecule has 5 nitrogen and oxygen atoms in total. The molecule has 0 saturated heterocycles. The monoisotopic (exact) mass is 289 g/mol. The summed E-state index contributed by atoms with van der Waals surface area (Å²) in [6.07, 6.45) is 3.03. The van der Waals surface area contributed by atoms with Crippen LogP contribution >= 0.6 is 11.3 Å². The number of nitrogens with two attached hydrogens (primary N) is 1. The number of aryl methyl sites for hydroxylation is 2. The van der Waals surface area contributed by atoms with E-state index in [2.05, 4.69) is 10.1 Å². The molecule has 20 heavy (non-hydrogen) atoms. The first-order valence-corrected chi connectivity index (χ1v) is 7.32. The maximum absolute atomic E-state index is 8.90. The fourth-order valence-corrected chi connectivity index (χ4v) is 2.95. The number of hydrogen-bond donors (Lipinski definition) is 2. The number of amidine groups is 1. The molecule has 0 radical (unpaired) electrons. The minimum atomic E-state index is 0.0355. The topological polar surface area (TPSA) is 80.7 Å². The van der Waals surface area contributed by atoms with Crippen LogP contribution in [0, 0.1) is 0 Å². The molecule has 1 aliphatic rings. The molecule has 1 aliphatic carbocycles. The highest BCUT2D eigenvalue weighted by molar-refractivity contribution is 7.09. The van der Waals surface area contributed by atoms with Gasteiger partial charge in [0.25, 0.3) is 0 Å². The Morgan fingerprint density at radius 1 is 1.50 bits per heavy atom. The summed E-state index contributed by atoms with van der Waals surface area (Å²) >= 11 is 1.62. The number of hydrogen-bond acceptors (Lipinski definition) is 5. The molecule has 0 fully saturated rings. The van der Waals surface area contributed by atoms with Crippen molar-refractivity contribution >= 4 is 17.2 Å². The molecule has 104 valence electrons. The van der Waals surface area contributed by atoms with E-state index in [4.69, 9.17) is 15.7 Å². The first-order chi connectivity index (χ1) is 9.78. The van der Waals surface area contributed by atoms with Crippen LogP contribution in [-0.2, 0) is 19.4 Å². The number of fused-ring (bicyclic) bond motifs is 1. The number of aromatic nitrogens is 1. The molecule has 2 aromatic heterocycles. The Hall–Kier alpha value is -2.08. The number of ether oxygens (including phenoxy) is 1. The third kappa shape index (κ3) is 2.46. The lowest BCUT2D eigenvalue weighted by atomic mass is 10.1. The maximum atomic E-state index is 8.90. The van der Waals surface area contributed by atoms with Gasteiger partial charge >= 0.3 is 0 Å². The summed E-state index contributed by atoms with van der Waals surface area (Å²) in [4.78, 5) is 5.64. The second-order valence-electron chi connectivity index (χ2n) is 4.65. The van der Waals surface area contributed by atoms with Crippen molar-refractivity contribution in [1.29, 1.82) is 0 Å². The molecule has 0 aromatic carbocycles. The van der Waals surface area contributed by atoms with Crippen molar-refractivity contribution in [2.45, 2.75) is 25.9 Å². The van der Waals surface area contributed by atoms with Crippen LogP contribution < -0.4 is 10.5 Å². The second-order valence-corrected chi connectivity index (χ2v) is 5.69. The highest BCUT2D eigenvalue weighted by Gasteiger charge is 2.19. The number of nitrogens with zero attached hydrogens (tertiary/aromatic N) is 2. The van der Waals surface area contributed by atoms with E-state index in [1.54, 1.807) is 11.3 Å². The predicted molar refractivity (Wildman–Crippen MR) is 77.4 cm³/mol. The third-order valence-electron chi connectivity index (χ3n) is 3.33. The van der Waals surface area contributed by atoms with Gasteiger partial charge in [0.15, 0.2) is 5.84 Å². The van der Waals surface area contributed by atoms with E-state index >= 15 is 0 Å². The summed E-state index contributed by atoms with van der Waals surface area (Å²) in [5.41, 5.74) is 8.50. The highest BCUT2D eigenvalue weighted by atomic mass is 32.1. The van der Waals surface area contributed by atoms with Crippen molar-refractivity contribution in [3.05, 3.63) is 45.3 Å². The van der Waals surface area contributed by atoms with Crippen LogP contribution in [-0.4, -0.2) is 16.0 Å². The van der Waals surface area contributed by atoms with Gasteiger partial charge in [-0.05, 0) is 42.3 Å². The van der Waals surface area contributed by atoms with Crippen molar-refractivity contribution in [2.75, 3.05) is 0 Å². The molecule has 0 unspecified atom stereocenters. The Labute approximate surface area is 120 Å². The van der Waals surface area contributed by atoms with E-state index in [9.17, 15) is 0 Å². The molecule has 2 heterocycles. The van der Waals surface area contributed by atoms with Crippen LogP contribution in [0.3, 0.4) is 0 Å². The normalized spacial score (nSPS) is 14.3. The average Bonchev–Trinajstić information content (AvgIpc) is 3.13. The zero-order valence-electron chi connectivity index (χ0n) is 10.9. The summed E-state index contributed by atoms with van der Waals surface area (Å²) in [5, 5.41) is 14.0. The molecule has 0 aliphatic heterocycles. The number of thiophene rings is 1. The predicted octanol–water partition coefficient (Wildman–Crippen LogP) is 2.31. The fourth-order valence-electron chi connectivity index (χ4n) is 2.33. The Balaban J connectivity index is 1.91. The van der Waals surface area contributed by atoms with Crippen molar-refractivity contribution in [3.8, 4) is 5.88 Å². The van der Waals surface area contributed by atoms with Crippen molar-refractivity contribution < 1.29 is 9.94 Å². The first-order valence-electron chi connectivity index (χ1n) is 6.44. The van der Waals surface area contributed by atoms with Gasteiger partial charge in [-0.15, -0.1) is 11.3 Å². The van der Waals surface area contributed by atoms with Crippen molar-refractivity contribution in [1.82, 2.24) is 4.98 Å². The summed E-state index contributed by atoms with van der Waals surface area (Å²) in [6, 6.07) is 5.90. The lowest BCUT2D eigenvalue weighted by Crippen LogP contribution is -2.16. The lowest BCUT2D eigenvalue weighted by molar-refractivity contribution is 0.294. The van der Waals surface area contributed by atoms with E-state index in [1.807, 2.05) is 23.6 Å². The minimum Gasteiger partial charge on any atom is -0.471 e. The molecule has 3 N–H and O–H groups in total. The van der Waals surface area contributed by atoms with Crippen LogP contribution in [0.4, 0.5) is 0 Å². The number of pyridine rings is 1. The van der Waals surface area contributed by atoms with Crippen LogP contribution in [0.2, 0.25) is 0 Å². The van der Waals surface area contributed by atoms with Crippen LogP contribution in [0.5, 0.6) is 5.88 Å². The van der Waals surface area contributed by atoms with Crippen molar-refractivity contribution in [3.63, 3.8) is 0 Å². The van der Waals surface area contributed by atoms with Gasteiger partial charge in [-0.2, -0.15) is 0 Å². The number of oxime groups is 1. The average molecular weight is 289 g/mol. The van der Waals surface area contributed by atoms with Gasteiger partial charge in [0.05, 0.1) is 5.56 Å². The largest absolute Gasteiger partial charge is 0.471 e. The van der Waals surface area contributed by atoms with Crippen LogP contribution in [0.25, 0.3) is 0 Å². The van der Waals surface area contributed by atoms with Gasteiger partial charge in [0, 0.05) is 10.6 Å². The summed E-state index contributed by atoms with van der Waals surface area (Å²) in [7, 11) is 0. The molecule has 0 saturated carbocycles. The Bertz CT molecular complexity index is 638. The quantitative estimate of drug-likeness (QED) is 0.392.